The zero-order valence-corrected chi connectivity index (χ0v) is 8.38. The third-order valence-electron chi connectivity index (χ3n) is 1.34. The molecule has 0 unspecified atom stereocenters. The van der Waals surface area contributed by atoms with Gasteiger partial charge in [-0.3, -0.25) is 4.79 Å². The lowest BCUT2D eigenvalue weighted by molar-refractivity contribution is -0.114. The number of nitrogens with one attached hydrogen (secondary N) is 1. The standard InChI is InChI=1S/C8H5Cl2N3O/c9-7(10)8(14)13-6-2-1-5(3-11)4-12-6/h1-2,4,7H,(H,12,13,14). The van der Waals surface area contributed by atoms with Gasteiger partial charge in [0.2, 0.25) is 0 Å². The molecule has 4 nitrogen and oxygen atoms in total. The number of nitrogens with zero attached hydrogens (tertiary/aromatic N) is 2. The van der Waals surface area contributed by atoms with Crippen LogP contribution in [-0.2, 0) is 4.79 Å². The Morgan fingerprint density at radius 3 is 2.71 bits per heavy atom. The van der Waals surface area contributed by atoms with Crippen LogP contribution in [0.1, 0.15) is 5.56 Å². The van der Waals surface area contributed by atoms with E-state index in [1.54, 1.807) is 0 Å². The number of pyridine rings is 1. The van der Waals surface area contributed by atoms with Crippen molar-refractivity contribution in [1.82, 2.24) is 4.98 Å². The highest BCUT2D eigenvalue weighted by atomic mass is 35.5. The maximum atomic E-state index is 11.0. The molecule has 0 bridgehead atoms. The SMILES string of the molecule is N#Cc1ccc(NC(=O)C(Cl)Cl)nc1. The van der Waals surface area contributed by atoms with Gasteiger partial charge >= 0.3 is 0 Å². The van der Waals surface area contributed by atoms with Crippen LogP contribution in [0.15, 0.2) is 18.3 Å². The predicted molar refractivity (Wildman–Crippen MR) is 53.1 cm³/mol. The fourth-order valence-corrected chi connectivity index (χ4v) is 0.824. The number of alkyl halides is 2. The third kappa shape index (κ3) is 2.87. The van der Waals surface area contributed by atoms with Crippen LogP contribution in [0.25, 0.3) is 0 Å². The van der Waals surface area contributed by atoms with Crippen LogP contribution in [0, 0.1) is 11.3 Å². The molecule has 0 spiro atoms. The summed E-state index contributed by atoms with van der Waals surface area (Å²) in [6.07, 6.45) is 1.34. The number of carbonyl (C=O) groups excluding carboxylic acids is 1. The molecule has 0 aliphatic heterocycles. The van der Waals surface area contributed by atoms with Crippen molar-refractivity contribution in [2.75, 3.05) is 5.32 Å². The largest absolute Gasteiger partial charge is 0.308 e. The Morgan fingerprint density at radius 2 is 2.29 bits per heavy atom. The lowest BCUT2D eigenvalue weighted by atomic mass is 10.3. The lowest BCUT2D eigenvalue weighted by Crippen LogP contribution is -2.19. The number of hydrogen-bond acceptors (Lipinski definition) is 3. The molecule has 0 saturated heterocycles. The van der Waals surface area contributed by atoms with Crippen LogP contribution in [0.2, 0.25) is 0 Å². The molecule has 1 aromatic rings. The van der Waals surface area contributed by atoms with Crippen LogP contribution in [-0.4, -0.2) is 15.7 Å². The Bertz CT molecular complexity index is 369. The van der Waals surface area contributed by atoms with Crippen molar-refractivity contribution < 1.29 is 4.79 Å². The molecule has 0 fully saturated rings. The molecule has 72 valence electrons. The highest BCUT2D eigenvalue weighted by molar-refractivity contribution is 6.54. The molecule has 1 aromatic heterocycles. The monoisotopic (exact) mass is 229 g/mol. The van der Waals surface area contributed by atoms with E-state index in [0.29, 0.717) is 11.4 Å². The van der Waals surface area contributed by atoms with Crippen LogP contribution < -0.4 is 5.32 Å². The summed E-state index contributed by atoms with van der Waals surface area (Å²) >= 11 is 10.6. The lowest BCUT2D eigenvalue weighted by Gasteiger charge is -2.03. The Balaban J connectivity index is 2.70. The van der Waals surface area contributed by atoms with E-state index in [1.807, 2.05) is 6.07 Å². The minimum Gasteiger partial charge on any atom is -0.308 e. The number of amides is 1. The summed E-state index contributed by atoms with van der Waals surface area (Å²) in [5.74, 6) is -0.245. The van der Waals surface area contributed by atoms with Gasteiger partial charge in [-0.05, 0) is 12.1 Å². The molecule has 0 atom stereocenters. The Labute approximate surface area is 90.5 Å². The highest BCUT2D eigenvalue weighted by Gasteiger charge is 2.11. The van der Waals surface area contributed by atoms with E-state index >= 15 is 0 Å². The molecular weight excluding hydrogens is 225 g/mol. The smallest absolute Gasteiger partial charge is 0.258 e. The number of carbonyl (C=O) groups is 1. The van der Waals surface area contributed by atoms with Gasteiger partial charge in [0, 0.05) is 6.20 Å². The summed E-state index contributed by atoms with van der Waals surface area (Å²) in [6.45, 7) is 0. The zero-order valence-electron chi connectivity index (χ0n) is 6.87. The van der Waals surface area contributed by atoms with Crippen molar-refractivity contribution in [2.24, 2.45) is 0 Å². The van der Waals surface area contributed by atoms with E-state index in [4.69, 9.17) is 28.5 Å². The Morgan fingerprint density at radius 1 is 1.57 bits per heavy atom. The first kappa shape index (κ1) is 10.8. The molecule has 6 heteroatoms. The molecule has 1 rings (SSSR count). The Kier molecular flexibility index (Phi) is 3.69. The molecule has 0 aliphatic rings. The molecule has 14 heavy (non-hydrogen) atoms. The first-order chi connectivity index (χ1) is 6.63. The zero-order chi connectivity index (χ0) is 10.6. The fraction of sp³-hybridized carbons (Fsp3) is 0.125. The van der Waals surface area contributed by atoms with Crippen molar-refractivity contribution in [3.8, 4) is 6.07 Å². The molecular formula is C8H5Cl2N3O. The second-order valence-electron chi connectivity index (χ2n) is 2.33. The van der Waals surface area contributed by atoms with Gasteiger partial charge in [-0.1, -0.05) is 23.2 Å². The second-order valence-corrected chi connectivity index (χ2v) is 3.43. The van der Waals surface area contributed by atoms with E-state index in [-0.39, 0.29) is 0 Å². The van der Waals surface area contributed by atoms with E-state index in [0.717, 1.165) is 0 Å². The van der Waals surface area contributed by atoms with Gasteiger partial charge in [-0.2, -0.15) is 5.26 Å². The summed E-state index contributed by atoms with van der Waals surface area (Å²) in [4.78, 5) is 13.7. The average Bonchev–Trinajstić information content (AvgIpc) is 2.19. The Hall–Kier alpha value is -1.31. The topological polar surface area (TPSA) is 65.8 Å². The molecule has 1 amide bonds. The van der Waals surface area contributed by atoms with Gasteiger partial charge in [0.05, 0.1) is 5.56 Å². The second kappa shape index (κ2) is 4.80. The van der Waals surface area contributed by atoms with Gasteiger partial charge in [0.1, 0.15) is 11.9 Å². The van der Waals surface area contributed by atoms with Gasteiger partial charge in [0.25, 0.3) is 5.91 Å². The van der Waals surface area contributed by atoms with Gasteiger partial charge in [-0.15, -0.1) is 0 Å². The maximum absolute atomic E-state index is 11.0. The number of anilines is 1. The van der Waals surface area contributed by atoms with Crippen LogP contribution in [0.4, 0.5) is 5.82 Å². The van der Waals surface area contributed by atoms with E-state index in [1.165, 1.54) is 18.3 Å². The first-order valence-corrected chi connectivity index (χ1v) is 4.46. The minimum absolute atomic E-state index is 0.306. The summed E-state index contributed by atoms with van der Waals surface area (Å²) < 4.78 is 0. The van der Waals surface area contributed by atoms with Crippen LogP contribution >= 0.6 is 23.2 Å². The third-order valence-corrected chi connectivity index (χ3v) is 1.74. The van der Waals surface area contributed by atoms with Gasteiger partial charge in [0.15, 0.2) is 4.84 Å². The molecule has 1 heterocycles. The maximum Gasteiger partial charge on any atom is 0.258 e. The van der Waals surface area contributed by atoms with Crippen molar-refractivity contribution in [1.29, 1.82) is 5.26 Å². The predicted octanol–water partition coefficient (Wildman–Crippen LogP) is 1.70. The average molecular weight is 230 g/mol. The van der Waals surface area contributed by atoms with Gasteiger partial charge in [-0.25, -0.2) is 4.98 Å². The first-order valence-electron chi connectivity index (χ1n) is 3.58. The van der Waals surface area contributed by atoms with Crippen LogP contribution in [0.3, 0.4) is 0 Å². The number of halogens is 2. The molecule has 0 saturated carbocycles. The number of hydrogen-bond donors (Lipinski definition) is 1. The van der Waals surface area contributed by atoms with E-state index in [2.05, 4.69) is 10.3 Å². The summed E-state index contributed by atoms with van der Waals surface area (Å²) in [5.41, 5.74) is 0.413. The van der Waals surface area contributed by atoms with Crippen molar-refractivity contribution in [3.63, 3.8) is 0 Å². The van der Waals surface area contributed by atoms with E-state index < -0.39 is 10.7 Å². The van der Waals surface area contributed by atoms with Crippen molar-refractivity contribution in [2.45, 2.75) is 4.84 Å². The number of nitriles is 1. The van der Waals surface area contributed by atoms with Crippen molar-refractivity contribution in [3.05, 3.63) is 23.9 Å². The quantitative estimate of drug-likeness (QED) is 0.786. The summed E-state index contributed by atoms with van der Waals surface area (Å²) in [7, 11) is 0. The van der Waals surface area contributed by atoms with Crippen molar-refractivity contribution >= 4 is 34.9 Å². The van der Waals surface area contributed by atoms with E-state index in [9.17, 15) is 4.79 Å². The molecule has 0 aliphatic carbocycles. The van der Waals surface area contributed by atoms with Crippen LogP contribution in [0.5, 0.6) is 0 Å². The van der Waals surface area contributed by atoms with Gasteiger partial charge < -0.3 is 5.32 Å². The summed E-state index contributed by atoms with van der Waals surface area (Å²) in [5, 5.41) is 10.8. The minimum atomic E-state index is -1.13. The number of rotatable bonds is 2. The fourth-order valence-electron chi connectivity index (χ4n) is 0.715. The molecule has 0 aromatic carbocycles. The molecule has 1 N–H and O–H groups in total. The number of aromatic nitrogens is 1. The summed E-state index contributed by atoms with van der Waals surface area (Å²) in [6, 6.07) is 4.92. The highest BCUT2D eigenvalue weighted by Crippen LogP contribution is 2.08. The normalized spacial score (nSPS) is 9.57. The molecule has 0 radical (unpaired) electrons.